The zero-order chi connectivity index (χ0) is 25.1. The monoisotopic (exact) mass is 461 g/mol. The third-order valence-corrected chi connectivity index (χ3v) is 5.29. The largest absolute Gasteiger partial charge is 0.360 e. The van der Waals surface area contributed by atoms with Gasteiger partial charge in [0.15, 0.2) is 7.28 Å². The van der Waals surface area contributed by atoms with E-state index < -0.39 is 11.9 Å². The van der Waals surface area contributed by atoms with Crippen LogP contribution >= 0.6 is 0 Å². The topological polar surface area (TPSA) is 84.0 Å². The van der Waals surface area contributed by atoms with Crippen molar-refractivity contribution in [1.82, 2.24) is 20.6 Å². The van der Waals surface area contributed by atoms with E-state index in [0.717, 1.165) is 12.0 Å². The van der Waals surface area contributed by atoms with Gasteiger partial charge in [0.05, 0.1) is 6.20 Å². The number of nitrogens with one attached hydrogen (secondary N) is 2. The summed E-state index contributed by atoms with van der Waals surface area (Å²) in [6.07, 6.45) is 9.92. The molecule has 2 aromatic rings. The molecule has 2 atom stereocenters. The molecular formula is C27H38BN4O2. The van der Waals surface area contributed by atoms with Crippen LogP contribution in [-0.2, 0) is 11.2 Å². The van der Waals surface area contributed by atoms with Gasteiger partial charge in [-0.25, -0.2) is 4.98 Å². The average molecular weight is 461 g/mol. The van der Waals surface area contributed by atoms with Crippen molar-refractivity contribution in [2.45, 2.75) is 71.7 Å². The molecule has 2 N–H and O–H groups in total. The fourth-order valence-electron chi connectivity index (χ4n) is 3.68. The number of benzene rings is 1. The van der Waals surface area contributed by atoms with Gasteiger partial charge in [-0.15, -0.1) is 0 Å². The zero-order valence-electron chi connectivity index (χ0n) is 21.3. The summed E-state index contributed by atoms with van der Waals surface area (Å²) >= 11 is 0. The van der Waals surface area contributed by atoms with Gasteiger partial charge in [0.1, 0.15) is 11.7 Å². The summed E-state index contributed by atoms with van der Waals surface area (Å²) in [5.74, 6) is 0.0805. The lowest BCUT2D eigenvalue weighted by atomic mass is 9.48. The van der Waals surface area contributed by atoms with Gasteiger partial charge in [0.2, 0.25) is 5.91 Å². The molecule has 0 fully saturated rings. The maximum Gasteiger partial charge on any atom is 0.272 e. The maximum absolute atomic E-state index is 13.5. The van der Waals surface area contributed by atoms with E-state index in [2.05, 4.69) is 81.6 Å². The first-order valence-electron chi connectivity index (χ1n) is 12.0. The van der Waals surface area contributed by atoms with Crippen LogP contribution in [0.5, 0.6) is 0 Å². The van der Waals surface area contributed by atoms with Crippen molar-refractivity contribution in [2.24, 2.45) is 11.8 Å². The molecule has 0 saturated heterocycles. The molecule has 6 nitrogen and oxygen atoms in total. The van der Waals surface area contributed by atoms with E-state index in [1.807, 2.05) is 30.3 Å². The molecule has 0 aliphatic rings. The second kappa shape index (κ2) is 13.1. The standard InChI is InChI=1S/C27H38BN4O2/c1-19(2)12-13-27(5,6)28-24(16-20(3)4)32-25(33)22(17-21-10-8-7-9-11-21)31-26(34)23-18-29-14-15-30-23/h7-15,18-20,22,24H,16-17H2,1-6H3,(H,31,34)(H,32,33)/t22-,24-/m0/s1. The molecule has 1 radical (unpaired) electrons. The average Bonchev–Trinajstić information content (AvgIpc) is 2.78. The maximum atomic E-state index is 13.5. The fraction of sp³-hybridized carbons (Fsp3) is 0.481. The van der Waals surface area contributed by atoms with Crippen molar-refractivity contribution >= 4 is 19.1 Å². The van der Waals surface area contributed by atoms with Gasteiger partial charge in [-0.3, -0.25) is 14.6 Å². The molecular weight excluding hydrogens is 423 g/mol. The number of aromatic nitrogens is 2. The Hall–Kier alpha value is -2.96. The predicted octanol–water partition coefficient (Wildman–Crippen LogP) is 4.42. The van der Waals surface area contributed by atoms with Crippen molar-refractivity contribution < 1.29 is 9.59 Å². The number of amides is 2. The Balaban J connectivity index is 2.21. The fourth-order valence-corrected chi connectivity index (χ4v) is 3.68. The van der Waals surface area contributed by atoms with E-state index >= 15 is 0 Å². The van der Waals surface area contributed by atoms with E-state index in [9.17, 15) is 9.59 Å². The van der Waals surface area contributed by atoms with E-state index in [0.29, 0.717) is 18.3 Å². The first kappa shape index (κ1) is 27.3. The van der Waals surface area contributed by atoms with E-state index in [-0.39, 0.29) is 22.9 Å². The van der Waals surface area contributed by atoms with Crippen LogP contribution in [0.25, 0.3) is 0 Å². The van der Waals surface area contributed by atoms with Gasteiger partial charge in [0.25, 0.3) is 5.91 Å². The molecule has 0 aliphatic carbocycles. The van der Waals surface area contributed by atoms with Crippen molar-refractivity contribution in [2.75, 3.05) is 0 Å². The molecule has 34 heavy (non-hydrogen) atoms. The highest BCUT2D eigenvalue weighted by Crippen LogP contribution is 2.27. The summed E-state index contributed by atoms with van der Waals surface area (Å²) in [6.45, 7) is 12.9. The highest BCUT2D eigenvalue weighted by molar-refractivity contribution is 6.43. The molecule has 0 bridgehead atoms. The lowest BCUT2D eigenvalue weighted by Gasteiger charge is -2.30. The minimum Gasteiger partial charge on any atom is -0.360 e. The normalized spacial score (nSPS) is 13.6. The molecule has 1 aromatic carbocycles. The van der Waals surface area contributed by atoms with Gasteiger partial charge in [-0.2, -0.15) is 0 Å². The van der Waals surface area contributed by atoms with Crippen LogP contribution < -0.4 is 10.6 Å². The molecule has 0 saturated carbocycles. The third-order valence-electron chi connectivity index (χ3n) is 5.29. The molecule has 0 spiro atoms. The molecule has 181 valence electrons. The number of nitrogens with zero attached hydrogens (tertiary/aromatic N) is 2. The van der Waals surface area contributed by atoms with E-state index in [1.54, 1.807) is 0 Å². The Morgan fingerprint density at radius 1 is 1.06 bits per heavy atom. The molecule has 2 rings (SSSR count). The summed E-state index contributed by atoms with van der Waals surface area (Å²) in [5.41, 5.74) is 1.14. The summed E-state index contributed by atoms with van der Waals surface area (Å²) in [7, 11) is 2.19. The second-order valence-corrected chi connectivity index (χ2v) is 10.1. The van der Waals surface area contributed by atoms with Crippen LogP contribution in [0.2, 0.25) is 5.31 Å². The van der Waals surface area contributed by atoms with Gasteiger partial charge >= 0.3 is 0 Å². The Bertz CT molecular complexity index is 930. The summed E-state index contributed by atoms with van der Waals surface area (Å²) < 4.78 is 0. The van der Waals surface area contributed by atoms with Gasteiger partial charge in [0, 0.05) is 18.8 Å². The summed E-state index contributed by atoms with van der Waals surface area (Å²) in [4.78, 5) is 34.3. The lowest BCUT2D eigenvalue weighted by molar-refractivity contribution is -0.123. The number of carbonyl (C=O) groups is 2. The predicted molar refractivity (Wildman–Crippen MR) is 139 cm³/mol. The SMILES string of the molecule is CC(C)C=CC(C)(C)[B][C@H](CC(C)C)NC(=O)[C@H](Cc1ccccc1)NC(=O)c1cnccn1. The first-order chi connectivity index (χ1) is 16.1. The molecule has 1 aromatic heterocycles. The van der Waals surface area contributed by atoms with Gasteiger partial charge in [-0.05, 0) is 35.1 Å². The Morgan fingerprint density at radius 2 is 1.76 bits per heavy atom. The number of hydrogen-bond acceptors (Lipinski definition) is 4. The van der Waals surface area contributed by atoms with Gasteiger partial charge in [-0.1, -0.05) is 84.0 Å². The van der Waals surface area contributed by atoms with Crippen LogP contribution in [-0.4, -0.2) is 41.0 Å². The smallest absolute Gasteiger partial charge is 0.272 e. The Labute approximate surface area is 205 Å². The summed E-state index contributed by atoms with van der Waals surface area (Å²) in [5, 5.41) is 5.87. The Kier molecular flexibility index (Phi) is 10.5. The van der Waals surface area contributed by atoms with E-state index in [4.69, 9.17) is 0 Å². The lowest BCUT2D eigenvalue weighted by Crippen LogP contribution is -2.53. The van der Waals surface area contributed by atoms with Gasteiger partial charge < -0.3 is 10.6 Å². The Morgan fingerprint density at radius 3 is 2.35 bits per heavy atom. The number of allylic oxidation sites excluding steroid dienone is 2. The van der Waals surface area contributed by atoms with Crippen LogP contribution in [0.4, 0.5) is 0 Å². The quantitative estimate of drug-likeness (QED) is 0.362. The second-order valence-electron chi connectivity index (χ2n) is 10.1. The molecule has 1 heterocycles. The van der Waals surface area contributed by atoms with Crippen LogP contribution in [0.1, 0.15) is 64.0 Å². The van der Waals surface area contributed by atoms with Crippen molar-refractivity contribution in [1.29, 1.82) is 0 Å². The van der Waals surface area contributed by atoms with E-state index in [1.165, 1.54) is 18.6 Å². The number of rotatable bonds is 12. The van der Waals surface area contributed by atoms with Crippen LogP contribution in [0.3, 0.4) is 0 Å². The number of hydrogen-bond donors (Lipinski definition) is 2. The molecule has 7 heteroatoms. The highest BCUT2D eigenvalue weighted by Gasteiger charge is 2.29. The highest BCUT2D eigenvalue weighted by atomic mass is 16.2. The minimum absolute atomic E-state index is 0.133. The first-order valence-corrected chi connectivity index (χ1v) is 12.0. The van der Waals surface area contributed by atoms with Crippen molar-refractivity contribution in [3.63, 3.8) is 0 Å². The number of carbonyl (C=O) groups excluding carboxylic acids is 2. The van der Waals surface area contributed by atoms with Crippen LogP contribution in [0, 0.1) is 11.8 Å². The van der Waals surface area contributed by atoms with Crippen LogP contribution in [0.15, 0.2) is 61.1 Å². The molecule has 0 unspecified atom stereocenters. The third kappa shape index (κ3) is 9.90. The summed E-state index contributed by atoms with van der Waals surface area (Å²) in [6, 6.07) is 8.94. The zero-order valence-corrected chi connectivity index (χ0v) is 21.3. The van der Waals surface area contributed by atoms with Crippen molar-refractivity contribution in [3.8, 4) is 0 Å². The minimum atomic E-state index is -0.741. The molecule has 0 aliphatic heterocycles. The molecule has 2 amide bonds. The van der Waals surface area contributed by atoms with Crippen molar-refractivity contribution in [3.05, 3.63) is 72.3 Å².